The Labute approximate surface area is 169 Å². The van der Waals surface area contributed by atoms with Gasteiger partial charge in [0.2, 0.25) is 0 Å². The highest BCUT2D eigenvalue weighted by Gasteiger charge is 2.15. The van der Waals surface area contributed by atoms with Gasteiger partial charge in [0, 0.05) is 18.1 Å². The molecule has 2 aromatic carbocycles. The third-order valence-corrected chi connectivity index (χ3v) is 6.29. The summed E-state index contributed by atoms with van der Waals surface area (Å²) in [6, 6.07) is 12.2. The van der Waals surface area contributed by atoms with Crippen LogP contribution in [0.4, 0.5) is 0 Å². The van der Waals surface area contributed by atoms with Crippen LogP contribution in [0.2, 0.25) is 0 Å². The van der Waals surface area contributed by atoms with Crippen molar-refractivity contribution in [3.8, 4) is 10.6 Å². The quantitative estimate of drug-likeness (QED) is 0.488. The number of fused-ring (bicyclic) bond motifs is 2. The Kier molecular flexibility index (Phi) is 5.04. The Morgan fingerprint density at radius 1 is 1.11 bits per heavy atom. The summed E-state index contributed by atoms with van der Waals surface area (Å²) in [6.07, 6.45) is 3.03. The Morgan fingerprint density at radius 3 is 2.61 bits per heavy atom. The molecule has 0 unspecified atom stereocenters. The van der Waals surface area contributed by atoms with E-state index in [1.807, 2.05) is 30.5 Å². The van der Waals surface area contributed by atoms with Crippen LogP contribution in [0.25, 0.3) is 31.7 Å². The van der Waals surface area contributed by atoms with Crippen molar-refractivity contribution in [3.63, 3.8) is 0 Å². The fourth-order valence-corrected chi connectivity index (χ4v) is 4.50. The second-order valence-electron chi connectivity index (χ2n) is 7.66. The van der Waals surface area contributed by atoms with Gasteiger partial charge in [-0.25, -0.2) is 4.98 Å². The van der Waals surface area contributed by atoms with E-state index in [1.54, 1.807) is 11.3 Å². The molecule has 0 atom stereocenters. The maximum atomic E-state index is 13.3. The summed E-state index contributed by atoms with van der Waals surface area (Å²) >= 11 is 1.59. The number of hydrogen-bond donors (Lipinski definition) is 0. The minimum Gasteiger partial charge on any atom is -0.346 e. The van der Waals surface area contributed by atoms with Crippen LogP contribution in [0.3, 0.4) is 0 Å². The van der Waals surface area contributed by atoms with Gasteiger partial charge in [0.05, 0.1) is 21.3 Å². The summed E-state index contributed by atoms with van der Waals surface area (Å²) < 4.78 is 3.34. The number of aromatic nitrogens is 2. The second kappa shape index (κ2) is 7.49. The average Bonchev–Trinajstić information content (AvgIpc) is 3.09. The third-order valence-electron chi connectivity index (χ3n) is 5.22. The van der Waals surface area contributed by atoms with E-state index in [0.717, 1.165) is 51.2 Å². The van der Waals surface area contributed by atoms with Crippen LogP contribution in [-0.2, 0) is 6.54 Å². The van der Waals surface area contributed by atoms with Crippen molar-refractivity contribution in [2.24, 2.45) is 0 Å². The average molecular weight is 392 g/mol. The first-order chi connectivity index (χ1) is 13.4. The van der Waals surface area contributed by atoms with Crippen molar-refractivity contribution in [2.75, 3.05) is 20.6 Å². The molecule has 0 saturated carbocycles. The first kappa shape index (κ1) is 18.8. The van der Waals surface area contributed by atoms with E-state index in [9.17, 15) is 4.79 Å². The molecule has 144 valence electrons. The number of hydrogen-bond acceptors (Lipinski definition) is 4. The topological polar surface area (TPSA) is 38.1 Å². The van der Waals surface area contributed by atoms with Crippen LogP contribution in [0.5, 0.6) is 0 Å². The first-order valence-electron chi connectivity index (χ1n) is 9.59. The molecule has 0 radical (unpaired) electrons. The van der Waals surface area contributed by atoms with E-state index in [4.69, 9.17) is 4.98 Å². The lowest BCUT2D eigenvalue weighted by Crippen LogP contribution is -2.17. The molecule has 2 aromatic heterocycles. The van der Waals surface area contributed by atoms with Crippen LogP contribution in [0.1, 0.15) is 17.5 Å². The molecule has 5 heteroatoms. The van der Waals surface area contributed by atoms with Gasteiger partial charge in [-0.2, -0.15) is 0 Å². The fourth-order valence-electron chi connectivity index (χ4n) is 3.53. The summed E-state index contributed by atoms with van der Waals surface area (Å²) in [5.41, 5.74) is 5.08. The molecule has 0 aliphatic carbocycles. The number of para-hydroxylation sites is 1. The van der Waals surface area contributed by atoms with Gasteiger partial charge < -0.3 is 9.47 Å². The number of rotatable bonds is 5. The molecule has 0 fully saturated rings. The molecule has 0 bridgehead atoms. The van der Waals surface area contributed by atoms with Crippen molar-refractivity contribution in [2.45, 2.75) is 26.8 Å². The molecular weight excluding hydrogens is 366 g/mol. The Hall–Kier alpha value is -2.50. The zero-order valence-electron chi connectivity index (χ0n) is 16.8. The van der Waals surface area contributed by atoms with Gasteiger partial charge in [-0.05, 0) is 76.3 Å². The zero-order valence-corrected chi connectivity index (χ0v) is 17.6. The van der Waals surface area contributed by atoms with Crippen molar-refractivity contribution < 1.29 is 0 Å². The molecule has 28 heavy (non-hydrogen) atoms. The lowest BCUT2D eigenvalue weighted by Gasteiger charge is -2.16. The van der Waals surface area contributed by atoms with Crippen LogP contribution < -0.4 is 5.43 Å². The summed E-state index contributed by atoms with van der Waals surface area (Å²) in [4.78, 5) is 20.3. The predicted molar refractivity (Wildman–Crippen MR) is 119 cm³/mol. The lowest BCUT2D eigenvalue weighted by atomic mass is 10.0. The van der Waals surface area contributed by atoms with E-state index in [0.29, 0.717) is 5.56 Å². The zero-order chi connectivity index (χ0) is 19.8. The molecule has 2 heterocycles. The van der Waals surface area contributed by atoms with Crippen LogP contribution >= 0.6 is 11.3 Å². The Balaban J connectivity index is 1.91. The normalized spacial score (nSPS) is 11.8. The fraction of sp³-hybridized carbons (Fsp3) is 0.304. The van der Waals surface area contributed by atoms with Gasteiger partial charge in [-0.1, -0.05) is 12.1 Å². The third kappa shape index (κ3) is 3.48. The molecule has 0 saturated heterocycles. The monoisotopic (exact) mass is 391 g/mol. The highest BCUT2D eigenvalue weighted by atomic mass is 32.1. The largest absolute Gasteiger partial charge is 0.346 e. The van der Waals surface area contributed by atoms with Crippen LogP contribution in [-0.4, -0.2) is 35.1 Å². The van der Waals surface area contributed by atoms with Crippen molar-refractivity contribution in [3.05, 3.63) is 63.9 Å². The molecule has 0 aliphatic heterocycles. The minimum atomic E-state index is 0.0704. The maximum absolute atomic E-state index is 13.3. The molecule has 0 aliphatic rings. The van der Waals surface area contributed by atoms with Gasteiger partial charge in [0.15, 0.2) is 5.43 Å². The van der Waals surface area contributed by atoms with E-state index in [2.05, 4.69) is 49.5 Å². The van der Waals surface area contributed by atoms with Crippen LogP contribution in [0, 0.1) is 13.8 Å². The van der Waals surface area contributed by atoms with Gasteiger partial charge in [0.25, 0.3) is 0 Å². The molecule has 0 spiro atoms. The minimum absolute atomic E-state index is 0.0704. The summed E-state index contributed by atoms with van der Waals surface area (Å²) in [6.45, 7) is 6.05. The highest BCUT2D eigenvalue weighted by Crippen LogP contribution is 2.30. The number of thiazole rings is 1. The molecule has 4 rings (SSSR count). The highest BCUT2D eigenvalue weighted by molar-refractivity contribution is 7.21. The van der Waals surface area contributed by atoms with Gasteiger partial charge in [-0.15, -0.1) is 11.3 Å². The smallest absolute Gasteiger partial charge is 0.199 e. The van der Waals surface area contributed by atoms with Crippen molar-refractivity contribution in [1.82, 2.24) is 14.5 Å². The number of nitrogens with zero attached hydrogens (tertiary/aromatic N) is 3. The summed E-state index contributed by atoms with van der Waals surface area (Å²) in [5.74, 6) is 0. The molecule has 0 amide bonds. The lowest BCUT2D eigenvalue weighted by molar-refractivity contribution is 0.388. The number of benzene rings is 2. The molecule has 4 nitrogen and oxygen atoms in total. The Morgan fingerprint density at radius 2 is 1.86 bits per heavy atom. The number of aryl methyl sites for hydroxylation is 3. The van der Waals surface area contributed by atoms with Gasteiger partial charge in [-0.3, -0.25) is 4.79 Å². The molecule has 4 aromatic rings. The second-order valence-corrected chi connectivity index (χ2v) is 8.69. The van der Waals surface area contributed by atoms with E-state index in [1.165, 1.54) is 5.56 Å². The van der Waals surface area contributed by atoms with E-state index >= 15 is 0 Å². The Bertz CT molecular complexity index is 1190. The van der Waals surface area contributed by atoms with E-state index in [-0.39, 0.29) is 5.43 Å². The maximum Gasteiger partial charge on any atom is 0.199 e. The van der Waals surface area contributed by atoms with Crippen molar-refractivity contribution >= 4 is 32.5 Å². The molecular formula is C23H25N3OS. The van der Waals surface area contributed by atoms with Crippen molar-refractivity contribution in [1.29, 1.82) is 0 Å². The first-order valence-corrected chi connectivity index (χ1v) is 10.4. The number of pyridine rings is 1. The predicted octanol–water partition coefficient (Wildman–Crippen LogP) is 4.85. The van der Waals surface area contributed by atoms with Crippen LogP contribution in [0.15, 0.2) is 47.4 Å². The SMILES string of the molecule is Cc1cc2c(=O)c(-c3nc4ccccc4s3)cn(CCCN(C)C)c2cc1C. The summed E-state index contributed by atoms with van der Waals surface area (Å²) in [7, 11) is 4.17. The van der Waals surface area contributed by atoms with E-state index < -0.39 is 0 Å². The molecule has 0 N–H and O–H groups in total. The standard InChI is InChI=1S/C23H25N3OS/c1-15-12-17-20(13-16(15)2)26(11-7-10-25(3)4)14-18(22(17)27)23-24-19-8-5-6-9-21(19)28-23/h5-6,8-9,12-14H,7,10-11H2,1-4H3. The summed E-state index contributed by atoms with van der Waals surface area (Å²) in [5, 5.41) is 1.58. The van der Waals surface area contributed by atoms with Gasteiger partial charge in [0.1, 0.15) is 5.01 Å². The van der Waals surface area contributed by atoms with Gasteiger partial charge >= 0.3 is 0 Å².